The van der Waals surface area contributed by atoms with Crippen molar-refractivity contribution in [3.05, 3.63) is 35.9 Å². The first kappa shape index (κ1) is 21.1. The fraction of sp³-hybridized carbons (Fsp3) is 0.684. The fourth-order valence-corrected chi connectivity index (χ4v) is 2.22. The van der Waals surface area contributed by atoms with E-state index < -0.39 is 12.6 Å². The van der Waals surface area contributed by atoms with Crippen LogP contribution in [0.3, 0.4) is 0 Å². The summed E-state index contributed by atoms with van der Waals surface area (Å²) in [5, 5.41) is 16.7. The number of ether oxygens (including phenoxy) is 1. The van der Waals surface area contributed by atoms with Crippen LogP contribution in [-0.4, -0.2) is 22.8 Å². The molecule has 0 bridgehead atoms. The maximum Gasteiger partial charge on any atom is 0.154 e. The predicted molar refractivity (Wildman–Crippen MR) is 92.6 cm³/mol. The molecule has 0 aromatic heterocycles. The molecule has 0 fully saturated rings. The van der Waals surface area contributed by atoms with Crippen LogP contribution >= 0.6 is 0 Å². The van der Waals surface area contributed by atoms with Gasteiger partial charge in [0.15, 0.2) is 12.6 Å². The van der Waals surface area contributed by atoms with Crippen LogP contribution in [0.5, 0.6) is 0 Å². The Kier molecular flexibility index (Phi) is 14.4. The topological polar surface area (TPSA) is 49.7 Å². The molecule has 2 N–H and O–H groups in total. The predicted octanol–water partition coefficient (Wildman–Crippen LogP) is 4.66. The molecule has 0 spiro atoms. The van der Waals surface area contributed by atoms with Crippen molar-refractivity contribution in [2.75, 3.05) is 0 Å². The summed E-state index contributed by atoms with van der Waals surface area (Å²) in [4.78, 5) is 0. The van der Waals surface area contributed by atoms with Gasteiger partial charge >= 0.3 is 0 Å². The molecule has 0 aliphatic carbocycles. The molecular weight excluding hydrogens is 276 g/mol. The Morgan fingerprint density at radius 2 is 1.32 bits per heavy atom. The van der Waals surface area contributed by atoms with Crippen molar-refractivity contribution in [2.24, 2.45) is 0 Å². The van der Waals surface area contributed by atoms with Crippen LogP contribution in [0.2, 0.25) is 0 Å². The SMILES string of the molecule is CC(O)OC(C)O.CCCCCCCCCc1ccccc1. The van der Waals surface area contributed by atoms with Gasteiger partial charge in [0, 0.05) is 0 Å². The molecule has 3 heteroatoms. The van der Waals surface area contributed by atoms with Gasteiger partial charge in [-0.2, -0.15) is 0 Å². The third-order valence-electron chi connectivity index (χ3n) is 3.31. The van der Waals surface area contributed by atoms with Gasteiger partial charge in [0.25, 0.3) is 0 Å². The number of rotatable bonds is 10. The Bertz CT molecular complexity index is 317. The van der Waals surface area contributed by atoms with E-state index in [1.54, 1.807) is 0 Å². The molecule has 3 nitrogen and oxygen atoms in total. The van der Waals surface area contributed by atoms with Gasteiger partial charge < -0.3 is 14.9 Å². The quantitative estimate of drug-likeness (QED) is 0.488. The summed E-state index contributed by atoms with van der Waals surface area (Å²) in [5.74, 6) is 0. The lowest BCUT2D eigenvalue weighted by Gasteiger charge is -2.07. The van der Waals surface area contributed by atoms with Crippen molar-refractivity contribution in [1.29, 1.82) is 0 Å². The zero-order valence-corrected chi connectivity index (χ0v) is 14.5. The zero-order valence-electron chi connectivity index (χ0n) is 14.5. The van der Waals surface area contributed by atoms with Crippen molar-refractivity contribution < 1.29 is 14.9 Å². The molecule has 1 aromatic carbocycles. The number of aliphatic hydroxyl groups is 2. The highest BCUT2D eigenvalue weighted by Gasteiger charge is 1.97. The van der Waals surface area contributed by atoms with Gasteiger partial charge in [-0.1, -0.05) is 75.8 Å². The average molecular weight is 310 g/mol. The number of hydrogen-bond acceptors (Lipinski definition) is 3. The Balaban J connectivity index is 0.000000534. The molecular formula is C19H34O3. The van der Waals surface area contributed by atoms with Gasteiger partial charge in [-0.05, 0) is 32.3 Å². The first-order chi connectivity index (χ1) is 10.6. The number of hydrogen-bond donors (Lipinski definition) is 2. The van der Waals surface area contributed by atoms with E-state index in [9.17, 15) is 0 Å². The number of aryl methyl sites for hydroxylation is 1. The summed E-state index contributed by atoms with van der Waals surface area (Å²) in [7, 11) is 0. The van der Waals surface area contributed by atoms with Gasteiger partial charge in [0.05, 0.1) is 0 Å². The van der Waals surface area contributed by atoms with Crippen molar-refractivity contribution in [3.8, 4) is 0 Å². The first-order valence-corrected chi connectivity index (χ1v) is 8.61. The molecule has 0 saturated carbocycles. The van der Waals surface area contributed by atoms with Crippen LogP contribution in [0.1, 0.15) is 71.3 Å². The van der Waals surface area contributed by atoms with E-state index in [1.165, 1.54) is 70.8 Å². The van der Waals surface area contributed by atoms with E-state index in [4.69, 9.17) is 10.2 Å². The highest BCUT2D eigenvalue weighted by molar-refractivity contribution is 5.14. The van der Waals surface area contributed by atoms with Crippen LogP contribution in [0.15, 0.2) is 30.3 Å². The minimum Gasteiger partial charge on any atom is -0.368 e. The maximum atomic E-state index is 8.34. The highest BCUT2D eigenvalue weighted by Crippen LogP contribution is 2.10. The molecule has 0 heterocycles. The molecule has 2 unspecified atom stereocenters. The third kappa shape index (κ3) is 15.5. The largest absolute Gasteiger partial charge is 0.368 e. The number of benzene rings is 1. The summed E-state index contributed by atoms with van der Waals surface area (Å²) < 4.78 is 4.36. The second kappa shape index (κ2) is 15.0. The van der Waals surface area contributed by atoms with Gasteiger partial charge in [-0.25, -0.2) is 0 Å². The van der Waals surface area contributed by atoms with Crippen LogP contribution in [0.25, 0.3) is 0 Å². The molecule has 2 atom stereocenters. The molecule has 0 amide bonds. The van der Waals surface area contributed by atoms with Crippen molar-refractivity contribution in [2.45, 2.75) is 84.7 Å². The van der Waals surface area contributed by atoms with Crippen LogP contribution in [0, 0.1) is 0 Å². The average Bonchev–Trinajstić information content (AvgIpc) is 2.46. The Hall–Kier alpha value is -0.900. The Morgan fingerprint density at radius 3 is 1.77 bits per heavy atom. The van der Waals surface area contributed by atoms with Crippen molar-refractivity contribution in [1.82, 2.24) is 0 Å². The summed E-state index contributed by atoms with van der Waals surface area (Å²) in [5.41, 5.74) is 1.49. The number of unbranched alkanes of at least 4 members (excludes halogenated alkanes) is 6. The van der Waals surface area contributed by atoms with Gasteiger partial charge in [0.1, 0.15) is 0 Å². The van der Waals surface area contributed by atoms with Gasteiger partial charge in [0.2, 0.25) is 0 Å². The standard InChI is InChI=1S/C15H24.C4H10O3/c1-2-3-4-5-6-7-9-12-15-13-10-8-11-14-15;1-3(5)7-4(2)6/h8,10-11,13-14H,2-7,9,12H2,1H3;3-6H,1-2H3. The van der Waals surface area contributed by atoms with Crippen LogP contribution < -0.4 is 0 Å². The molecule has 0 aliphatic heterocycles. The maximum absolute atomic E-state index is 8.34. The molecule has 128 valence electrons. The lowest BCUT2D eigenvalue weighted by molar-refractivity contribution is -0.190. The lowest BCUT2D eigenvalue weighted by Crippen LogP contribution is -2.14. The molecule has 0 aliphatic rings. The van der Waals surface area contributed by atoms with E-state index in [0.29, 0.717) is 0 Å². The monoisotopic (exact) mass is 310 g/mol. The minimum atomic E-state index is -0.875. The number of aliphatic hydroxyl groups excluding tert-OH is 2. The van der Waals surface area contributed by atoms with Gasteiger partial charge in [-0.3, -0.25) is 0 Å². The Morgan fingerprint density at radius 1 is 0.818 bits per heavy atom. The fourth-order valence-electron chi connectivity index (χ4n) is 2.22. The van der Waals surface area contributed by atoms with E-state index in [-0.39, 0.29) is 0 Å². The molecule has 22 heavy (non-hydrogen) atoms. The molecule has 0 saturated heterocycles. The molecule has 1 aromatic rings. The second-order valence-corrected chi connectivity index (χ2v) is 5.69. The van der Waals surface area contributed by atoms with E-state index in [1.807, 2.05) is 0 Å². The smallest absolute Gasteiger partial charge is 0.154 e. The Labute approximate surface area is 136 Å². The van der Waals surface area contributed by atoms with E-state index in [2.05, 4.69) is 42.0 Å². The normalized spacial score (nSPS) is 13.1. The van der Waals surface area contributed by atoms with E-state index in [0.717, 1.165) is 0 Å². The summed E-state index contributed by atoms with van der Waals surface area (Å²) in [6.07, 6.45) is 9.32. The second-order valence-electron chi connectivity index (χ2n) is 5.69. The zero-order chi connectivity index (χ0) is 16.6. The van der Waals surface area contributed by atoms with Crippen LogP contribution in [0.4, 0.5) is 0 Å². The summed E-state index contributed by atoms with van der Waals surface area (Å²) in [6.45, 7) is 5.15. The van der Waals surface area contributed by atoms with Gasteiger partial charge in [-0.15, -0.1) is 0 Å². The summed E-state index contributed by atoms with van der Waals surface area (Å²) in [6, 6.07) is 10.8. The van der Waals surface area contributed by atoms with E-state index >= 15 is 0 Å². The van der Waals surface area contributed by atoms with Crippen molar-refractivity contribution in [3.63, 3.8) is 0 Å². The third-order valence-corrected chi connectivity index (χ3v) is 3.31. The molecule has 0 radical (unpaired) electrons. The minimum absolute atomic E-state index is 0.875. The van der Waals surface area contributed by atoms with Crippen molar-refractivity contribution >= 4 is 0 Å². The molecule has 1 rings (SSSR count). The highest BCUT2D eigenvalue weighted by atomic mass is 16.7. The lowest BCUT2D eigenvalue weighted by atomic mass is 10.0. The summed E-state index contributed by atoms with van der Waals surface area (Å²) >= 11 is 0. The first-order valence-electron chi connectivity index (χ1n) is 8.61. The van der Waals surface area contributed by atoms with Crippen LogP contribution in [-0.2, 0) is 11.2 Å².